The minimum atomic E-state index is -0.275. The van der Waals surface area contributed by atoms with Gasteiger partial charge in [0.1, 0.15) is 5.82 Å². The van der Waals surface area contributed by atoms with Gasteiger partial charge in [0.05, 0.1) is 27.9 Å². The smallest absolute Gasteiger partial charge is 0.152 e. The molecule has 2 aromatic carbocycles. The zero-order valence-corrected chi connectivity index (χ0v) is 16.4. The highest BCUT2D eigenvalue weighted by molar-refractivity contribution is 6.00. The molecule has 5 rings (SSSR count). The van der Waals surface area contributed by atoms with Crippen LogP contribution in [0, 0.1) is 5.82 Å². The summed E-state index contributed by atoms with van der Waals surface area (Å²) in [6.07, 6.45) is 2.44. The monoisotopic (exact) mass is 399 g/mol. The summed E-state index contributed by atoms with van der Waals surface area (Å²) in [6, 6.07) is 16.0. The molecule has 30 heavy (non-hydrogen) atoms. The number of carbonyl (C=O) groups is 1. The minimum absolute atomic E-state index is 0.275. The van der Waals surface area contributed by atoms with Gasteiger partial charge in [-0.05, 0) is 48.5 Å². The molecule has 0 spiro atoms. The number of nitrogens with one attached hydrogen (secondary N) is 1. The predicted octanol–water partition coefficient (Wildman–Crippen LogP) is 4.84. The van der Waals surface area contributed by atoms with Gasteiger partial charge in [0, 0.05) is 42.6 Å². The molecule has 7 heteroatoms. The first-order chi connectivity index (χ1) is 14.5. The Hall–Kier alpha value is -4.00. The van der Waals surface area contributed by atoms with Gasteiger partial charge < -0.3 is 9.88 Å². The molecule has 1 N–H and O–H groups in total. The van der Waals surface area contributed by atoms with Gasteiger partial charge in [-0.3, -0.25) is 14.5 Å². The maximum Gasteiger partial charge on any atom is 0.152 e. The maximum absolute atomic E-state index is 13.6. The van der Waals surface area contributed by atoms with Gasteiger partial charge in [-0.2, -0.15) is 5.10 Å². The van der Waals surface area contributed by atoms with E-state index < -0.39 is 0 Å². The molecule has 0 aliphatic carbocycles. The first kappa shape index (κ1) is 18.1. The summed E-state index contributed by atoms with van der Waals surface area (Å²) in [5.74, 6) is -0.275. The van der Waals surface area contributed by atoms with Crippen molar-refractivity contribution in [2.45, 2.75) is 0 Å². The number of hydrogen-bond acceptors (Lipinski definition) is 4. The van der Waals surface area contributed by atoms with Crippen molar-refractivity contribution in [2.24, 2.45) is 7.05 Å². The van der Waals surface area contributed by atoms with Crippen LogP contribution in [0.2, 0.25) is 0 Å². The van der Waals surface area contributed by atoms with E-state index in [2.05, 4.69) is 15.1 Å². The molecule has 0 fully saturated rings. The van der Waals surface area contributed by atoms with Gasteiger partial charge in [-0.25, -0.2) is 4.39 Å². The molecule has 0 amide bonds. The molecule has 6 nitrogen and oxygen atoms in total. The third kappa shape index (κ3) is 2.83. The number of pyridine rings is 1. The number of anilines is 2. The van der Waals surface area contributed by atoms with E-state index >= 15 is 0 Å². The second-order valence-electron chi connectivity index (χ2n) is 7.17. The first-order valence-electron chi connectivity index (χ1n) is 9.44. The second-order valence-corrected chi connectivity index (χ2v) is 7.17. The van der Waals surface area contributed by atoms with Crippen LogP contribution in [0.4, 0.5) is 15.8 Å². The highest BCUT2D eigenvalue weighted by Crippen LogP contribution is 2.33. The van der Waals surface area contributed by atoms with Crippen molar-refractivity contribution in [3.63, 3.8) is 0 Å². The molecule has 0 radical (unpaired) electrons. The molecule has 0 atom stereocenters. The topological polar surface area (TPSA) is 66.8 Å². The highest BCUT2D eigenvalue weighted by Gasteiger charge is 2.16. The lowest BCUT2D eigenvalue weighted by Gasteiger charge is -2.19. The second kappa shape index (κ2) is 6.81. The van der Waals surface area contributed by atoms with Crippen LogP contribution in [-0.4, -0.2) is 33.1 Å². The summed E-state index contributed by atoms with van der Waals surface area (Å²) in [6.45, 7) is 0. The summed E-state index contributed by atoms with van der Waals surface area (Å²) in [5, 5.41) is 5.63. The van der Waals surface area contributed by atoms with E-state index in [1.165, 1.54) is 12.1 Å². The van der Waals surface area contributed by atoms with Crippen LogP contribution in [0.1, 0.15) is 10.4 Å². The van der Waals surface area contributed by atoms with Crippen LogP contribution in [0.15, 0.2) is 60.8 Å². The van der Waals surface area contributed by atoms with E-state index in [4.69, 9.17) is 0 Å². The molecule has 3 aromatic heterocycles. The van der Waals surface area contributed by atoms with Crippen LogP contribution in [0.25, 0.3) is 33.3 Å². The fourth-order valence-electron chi connectivity index (χ4n) is 3.82. The van der Waals surface area contributed by atoms with E-state index in [0.29, 0.717) is 11.1 Å². The molecule has 5 aromatic rings. The number of halogens is 1. The summed E-state index contributed by atoms with van der Waals surface area (Å²) < 4.78 is 15.4. The zero-order chi connectivity index (χ0) is 20.8. The molecule has 0 saturated heterocycles. The normalized spacial score (nSPS) is 11.3. The number of H-pyrrole nitrogens is 1. The van der Waals surface area contributed by atoms with Crippen molar-refractivity contribution >= 4 is 39.6 Å². The van der Waals surface area contributed by atoms with Gasteiger partial charge in [-0.1, -0.05) is 6.07 Å². The van der Waals surface area contributed by atoms with Crippen LogP contribution in [0.5, 0.6) is 0 Å². The SMILES string of the molecule is CN(c1cccc(F)c1)c1ccc2c(-c3cc4nccc(C=O)c4[nH]3)n(C)nc2c1. The Labute approximate surface area is 171 Å². The average Bonchev–Trinajstić information content (AvgIpc) is 3.31. The van der Waals surface area contributed by atoms with Gasteiger partial charge in [0.25, 0.3) is 0 Å². The Balaban J connectivity index is 1.61. The Kier molecular flexibility index (Phi) is 4.10. The van der Waals surface area contributed by atoms with E-state index in [-0.39, 0.29) is 5.82 Å². The fraction of sp³-hybridized carbons (Fsp3) is 0.0870. The van der Waals surface area contributed by atoms with Gasteiger partial charge in [0.2, 0.25) is 0 Å². The molecule has 0 aliphatic rings. The third-order valence-electron chi connectivity index (χ3n) is 5.34. The Morgan fingerprint density at radius 3 is 2.70 bits per heavy atom. The molecular weight excluding hydrogens is 381 g/mol. The number of nitrogens with zero attached hydrogens (tertiary/aromatic N) is 4. The number of aldehydes is 1. The number of fused-ring (bicyclic) bond motifs is 2. The van der Waals surface area contributed by atoms with Crippen molar-refractivity contribution in [1.29, 1.82) is 0 Å². The largest absolute Gasteiger partial charge is 0.351 e. The molecule has 0 unspecified atom stereocenters. The van der Waals surface area contributed by atoms with Crippen LogP contribution >= 0.6 is 0 Å². The molecule has 148 valence electrons. The van der Waals surface area contributed by atoms with E-state index in [0.717, 1.165) is 45.5 Å². The number of rotatable bonds is 4. The lowest BCUT2D eigenvalue weighted by atomic mass is 10.1. The lowest BCUT2D eigenvalue weighted by Crippen LogP contribution is -2.09. The number of benzene rings is 2. The predicted molar refractivity (Wildman–Crippen MR) is 116 cm³/mol. The van der Waals surface area contributed by atoms with Crippen molar-refractivity contribution in [2.75, 3.05) is 11.9 Å². The maximum atomic E-state index is 13.6. The van der Waals surface area contributed by atoms with Gasteiger partial charge >= 0.3 is 0 Å². The summed E-state index contributed by atoms with van der Waals surface area (Å²) in [4.78, 5) is 20.9. The first-order valence-corrected chi connectivity index (χ1v) is 9.44. The van der Waals surface area contributed by atoms with Crippen molar-refractivity contribution < 1.29 is 9.18 Å². The van der Waals surface area contributed by atoms with Crippen molar-refractivity contribution in [3.8, 4) is 11.4 Å². The summed E-state index contributed by atoms with van der Waals surface area (Å²) in [7, 11) is 3.77. The molecular formula is C23H18FN5O. The molecule has 3 heterocycles. The summed E-state index contributed by atoms with van der Waals surface area (Å²) in [5.41, 5.74) is 6.22. The Morgan fingerprint density at radius 1 is 1.07 bits per heavy atom. The number of aryl methyl sites for hydroxylation is 1. The van der Waals surface area contributed by atoms with Gasteiger partial charge in [-0.15, -0.1) is 0 Å². The highest BCUT2D eigenvalue weighted by atomic mass is 19.1. The molecule has 0 bridgehead atoms. The third-order valence-corrected chi connectivity index (χ3v) is 5.34. The molecule has 0 saturated carbocycles. The average molecular weight is 399 g/mol. The van der Waals surface area contributed by atoms with E-state index in [1.54, 1.807) is 18.3 Å². The van der Waals surface area contributed by atoms with Crippen LogP contribution in [0.3, 0.4) is 0 Å². The van der Waals surface area contributed by atoms with E-state index in [9.17, 15) is 9.18 Å². The van der Waals surface area contributed by atoms with Crippen molar-refractivity contribution in [3.05, 3.63) is 72.2 Å². The number of aromatic amines is 1. The standard InChI is InChI=1S/C23H18FN5O/c1-28(16-5-3-4-15(24)10-16)17-6-7-18-19(11-17)27-29(2)23(18)21-12-20-22(26-21)14(13-30)8-9-25-20/h3-13,26H,1-2H3. The zero-order valence-electron chi connectivity index (χ0n) is 16.4. The Morgan fingerprint density at radius 2 is 1.90 bits per heavy atom. The van der Waals surface area contributed by atoms with Crippen LogP contribution in [-0.2, 0) is 7.05 Å². The lowest BCUT2D eigenvalue weighted by molar-refractivity contribution is 0.112. The summed E-state index contributed by atoms with van der Waals surface area (Å²) >= 11 is 0. The fourth-order valence-corrected chi connectivity index (χ4v) is 3.82. The van der Waals surface area contributed by atoms with E-state index in [1.807, 2.05) is 54.0 Å². The quantitative estimate of drug-likeness (QED) is 0.439. The number of aromatic nitrogens is 4. The Bertz CT molecular complexity index is 1420. The van der Waals surface area contributed by atoms with Gasteiger partial charge in [0.15, 0.2) is 6.29 Å². The number of carbonyl (C=O) groups excluding carboxylic acids is 1. The molecule has 0 aliphatic heterocycles. The van der Waals surface area contributed by atoms with Crippen LogP contribution < -0.4 is 4.90 Å². The number of hydrogen-bond donors (Lipinski definition) is 1. The van der Waals surface area contributed by atoms with Crippen molar-refractivity contribution in [1.82, 2.24) is 19.7 Å². The minimum Gasteiger partial charge on any atom is -0.351 e.